The zero-order valence-corrected chi connectivity index (χ0v) is 14.1. The summed E-state index contributed by atoms with van der Waals surface area (Å²) in [5.74, 6) is 1.14. The lowest BCUT2D eigenvalue weighted by atomic mass is 9.92. The average molecular weight is 332 g/mol. The van der Waals surface area contributed by atoms with E-state index in [4.69, 9.17) is 4.74 Å². The van der Waals surface area contributed by atoms with E-state index < -0.39 is 6.10 Å². The van der Waals surface area contributed by atoms with Gasteiger partial charge in [0.15, 0.2) is 6.10 Å². The van der Waals surface area contributed by atoms with Gasteiger partial charge in [-0.15, -0.1) is 0 Å². The highest BCUT2D eigenvalue weighted by Crippen LogP contribution is 2.28. The van der Waals surface area contributed by atoms with Crippen LogP contribution in [0.4, 0.5) is 0 Å². The topological polar surface area (TPSA) is 42.4 Å². The van der Waals surface area contributed by atoms with Gasteiger partial charge in [0.05, 0.1) is 0 Å². The first-order valence-corrected chi connectivity index (χ1v) is 8.55. The highest BCUT2D eigenvalue weighted by Gasteiger charge is 2.34. The lowest BCUT2D eigenvalue weighted by Gasteiger charge is -2.40. The van der Waals surface area contributed by atoms with Crippen molar-refractivity contribution in [2.45, 2.75) is 18.9 Å². The number of carbonyl (C=O) groups is 1. The summed E-state index contributed by atoms with van der Waals surface area (Å²) in [6.45, 7) is 3.28. The number of nitrogens with zero attached hydrogens (tertiary/aromatic N) is 2. The molecule has 2 aromatic carbocycles. The Kier molecular flexibility index (Phi) is 4.10. The van der Waals surface area contributed by atoms with E-state index >= 15 is 0 Å². The number of carbonyl (C=O) groups excluding carboxylic acids is 1. The van der Waals surface area contributed by atoms with Crippen LogP contribution in [0.3, 0.4) is 0 Å². The van der Waals surface area contributed by atoms with Crippen molar-refractivity contribution in [2.75, 3.05) is 13.1 Å². The van der Waals surface area contributed by atoms with Crippen molar-refractivity contribution >= 4 is 16.7 Å². The molecule has 1 unspecified atom stereocenters. The standard InChI is InChI=1S/C21H20N2O2/c1-15(25-20-9-8-16-5-2-3-6-17(16)11-20)21(24)23-13-19(14-23)18-7-4-10-22-12-18/h2-12,15,19H,13-14H2,1H3. The fourth-order valence-corrected chi connectivity index (χ4v) is 3.24. The molecule has 0 saturated carbocycles. The first kappa shape index (κ1) is 15.6. The summed E-state index contributed by atoms with van der Waals surface area (Å²) < 4.78 is 5.88. The molecule has 0 aliphatic carbocycles. The molecule has 1 aromatic heterocycles. The Morgan fingerprint density at radius 3 is 2.68 bits per heavy atom. The number of rotatable bonds is 4. The quantitative estimate of drug-likeness (QED) is 0.733. The predicted octanol–water partition coefficient (Wildman–Crippen LogP) is 3.63. The van der Waals surface area contributed by atoms with Gasteiger partial charge in [-0.3, -0.25) is 9.78 Å². The van der Waals surface area contributed by atoms with Crippen molar-refractivity contribution in [3.8, 4) is 5.75 Å². The van der Waals surface area contributed by atoms with Gasteiger partial charge >= 0.3 is 0 Å². The highest BCUT2D eigenvalue weighted by molar-refractivity contribution is 5.84. The first-order chi connectivity index (χ1) is 12.2. The van der Waals surface area contributed by atoms with Crippen LogP contribution in [0.5, 0.6) is 5.75 Å². The molecule has 1 aliphatic heterocycles. The molecule has 2 heterocycles. The number of pyridine rings is 1. The molecule has 0 spiro atoms. The Morgan fingerprint density at radius 1 is 1.12 bits per heavy atom. The smallest absolute Gasteiger partial charge is 0.263 e. The second-order valence-electron chi connectivity index (χ2n) is 6.50. The van der Waals surface area contributed by atoms with Crippen molar-refractivity contribution in [1.29, 1.82) is 0 Å². The van der Waals surface area contributed by atoms with Crippen LogP contribution in [0.15, 0.2) is 67.0 Å². The molecule has 1 fully saturated rings. The Balaban J connectivity index is 1.38. The maximum absolute atomic E-state index is 12.6. The number of ether oxygens (including phenoxy) is 1. The molecule has 1 saturated heterocycles. The Hall–Kier alpha value is -2.88. The summed E-state index contributed by atoms with van der Waals surface area (Å²) in [5.41, 5.74) is 1.19. The first-order valence-electron chi connectivity index (χ1n) is 8.55. The van der Waals surface area contributed by atoms with Crippen molar-refractivity contribution in [1.82, 2.24) is 9.88 Å². The number of amides is 1. The minimum absolute atomic E-state index is 0.0355. The minimum atomic E-state index is -0.490. The zero-order chi connectivity index (χ0) is 17.2. The normalized spacial score (nSPS) is 15.6. The Bertz CT molecular complexity index is 889. The van der Waals surface area contributed by atoms with Gasteiger partial charge in [-0.25, -0.2) is 0 Å². The third-order valence-corrected chi connectivity index (χ3v) is 4.73. The molecule has 25 heavy (non-hydrogen) atoms. The molecule has 4 nitrogen and oxygen atoms in total. The van der Waals surface area contributed by atoms with Crippen molar-refractivity contribution in [3.63, 3.8) is 0 Å². The van der Waals surface area contributed by atoms with Crippen LogP contribution in [-0.2, 0) is 4.79 Å². The minimum Gasteiger partial charge on any atom is -0.481 e. The van der Waals surface area contributed by atoms with Crippen LogP contribution in [0.2, 0.25) is 0 Å². The van der Waals surface area contributed by atoms with E-state index in [1.165, 1.54) is 5.56 Å². The molecular weight excluding hydrogens is 312 g/mol. The third-order valence-electron chi connectivity index (χ3n) is 4.73. The van der Waals surface area contributed by atoms with E-state index in [9.17, 15) is 4.79 Å². The van der Waals surface area contributed by atoms with Gasteiger partial charge in [0.2, 0.25) is 0 Å². The van der Waals surface area contributed by atoms with E-state index in [2.05, 4.69) is 17.1 Å². The van der Waals surface area contributed by atoms with Crippen LogP contribution in [0, 0.1) is 0 Å². The van der Waals surface area contributed by atoms with Crippen molar-refractivity contribution < 1.29 is 9.53 Å². The number of hydrogen-bond acceptors (Lipinski definition) is 3. The van der Waals surface area contributed by atoms with Gasteiger partial charge in [0.1, 0.15) is 5.75 Å². The van der Waals surface area contributed by atoms with Crippen molar-refractivity contribution in [3.05, 3.63) is 72.6 Å². The molecule has 1 atom stereocenters. The molecule has 3 aromatic rings. The molecule has 0 bridgehead atoms. The van der Waals surface area contributed by atoms with Crippen LogP contribution < -0.4 is 4.74 Å². The molecule has 0 N–H and O–H groups in total. The highest BCUT2D eigenvalue weighted by atomic mass is 16.5. The second kappa shape index (κ2) is 6.55. The van der Waals surface area contributed by atoms with Gasteiger partial charge in [0.25, 0.3) is 5.91 Å². The zero-order valence-electron chi connectivity index (χ0n) is 14.1. The molecule has 4 heteroatoms. The maximum Gasteiger partial charge on any atom is 0.263 e. The van der Waals surface area contributed by atoms with Gasteiger partial charge in [-0.05, 0) is 41.5 Å². The van der Waals surface area contributed by atoms with Gasteiger partial charge in [-0.2, -0.15) is 0 Å². The van der Waals surface area contributed by atoms with Crippen LogP contribution in [0.1, 0.15) is 18.4 Å². The number of hydrogen-bond donors (Lipinski definition) is 0. The van der Waals surface area contributed by atoms with E-state index in [0.717, 1.165) is 29.6 Å². The van der Waals surface area contributed by atoms with Crippen LogP contribution in [-0.4, -0.2) is 35.0 Å². The molecule has 126 valence electrons. The summed E-state index contributed by atoms with van der Waals surface area (Å²) in [4.78, 5) is 18.6. The second-order valence-corrected chi connectivity index (χ2v) is 6.50. The van der Waals surface area contributed by atoms with E-state index in [-0.39, 0.29) is 5.91 Å². The number of likely N-dealkylation sites (tertiary alicyclic amines) is 1. The summed E-state index contributed by atoms with van der Waals surface area (Å²) in [5, 5.41) is 2.27. The molecule has 4 rings (SSSR count). The van der Waals surface area contributed by atoms with Crippen LogP contribution >= 0.6 is 0 Å². The fraction of sp³-hybridized carbons (Fsp3) is 0.238. The van der Waals surface area contributed by atoms with Gasteiger partial charge in [-0.1, -0.05) is 36.4 Å². The number of fused-ring (bicyclic) bond motifs is 1. The molecule has 0 radical (unpaired) electrons. The van der Waals surface area contributed by atoms with Crippen molar-refractivity contribution in [2.24, 2.45) is 0 Å². The molecule has 1 amide bonds. The average Bonchev–Trinajstić information content (AvgIpc) is 2.61. The summed E-state index contributed by atoms with van der Waals surface area (Å²) >= 11 is 0. The SMILES string of the molecule is CC(Oc1ccc2ccccc2c1)C(=O)N1CC(c2cccnc2)C1. The Morgan fingerprint density at radius 2 is 1.92 bits per heavy atom. The summed E-state index contributed by atoms with van der Waals surface area (Å²) in [6.07, 6.45) is 3.16. The summed E-state index contributed by atoms with van der Waals surface area (Å²) in [6, 6.07) is 18.0. The number of aromatic nitrogens is 1. The maximum atomic E-state index is 12.6. The van der Waals surface area contributed by atoms with Gasteiger partial charge in [0, 0.05) is 31.4 Å². The van der Waals surface area contributed by atoms with E-state index in [0.29, 0.717) is 5.92 Å². The third kappa shape index (κ3) is 3.20. The summed E-state index contributed by atoms with van der Waals surface area (Å²) in [7, 11) is 0. The lowest BCUT2D eigenvalue weighted by Crippen LogP contribution is -2.52. The predicted molar refractivity (Wildman–Crippen MR) is 97.6 cm³/mol. The van der Waals surface area contributed by atoms with E-state index in [1.54, 1.807) is 6.20 Å². The monoisotopic (exact) mass is 332 g/mol. The van der Waals surface area contributed by atoms with Gasteiger partial charge < -0.3 is 9.64 Å². The largest absolute Gasteiger partial charge is 0.481 e. The fourth-order valence-electron chi connectivity index (χ4n) is 3.24. The van der Waals surface area contributed by atoms with E-state index in [1.807, 2.05) is 60.5 Å². The number of benzene rings is 2. The van der Waals surface area contributed by atoms with Crippen LogP contribution in [0.25, 0.3) is 10.8 Å². The lowest BCUT2D eigenvalue weighted by molar-refractivity contribution is -0.142. The molecule has 1 aliphatic rings. The Labute approximate surface area is 147 Å². The molecular formula is C21H20N2O2.